The van der Waals surface area contributed by atoms with Gasteiger partial charge in [-0.05, 0) is 64.0 Å². The summed E-state index contributed by atoms with van der Waals surface area (Å²) in [5.41, 5.74) is 3.68. The number of non-ortho nitro benzene ring substituents is 1. The molecule has 0 heterocycles. The van der Waals surface area contributed by atoms with Gasteiger partial charge in [0.05, 0.1) is 28.4 Å². The maximum absolute atomic E-state index is 12.2. The number of nitro benzene ring substituents is 1. The Morgan fingerprint density at radius 2 is 1.82 bits per heavy atom. The topological polar surface area (TPSA) is 132 Å². The molecule has 0 aliphatic rings. The van der Waals surface area contributed by atoms with E-state index in [0.29, 0.717) is 27.2 Å². The van der Waals surface area contributed by atoms with Crippen molar-refractivity contribution in [1.29, 1.82) is 0 Å². The first-order valence-corrected chi connectivity index (χ1v) is 10.6. The van der Waals surface area contributed by atoms with Crippen LogP contribution in [-0.2, 0) is 4.79 Å². The number of halogens is 1. The van der Waals surface area contributed by atoms with Gasteiger partial charge in [-0.2, -0.15) is 5.10 Å². The fourth-order valence-corrected chi connectivity index (χ4v) is 3.27. The average molecular weight is 527 g/mol. The molecule has 2 amide bonds. The van der Waals surface area contributed by atoms with E-state index in [9.17, 15) is 19.7 Å². The zero-order chi connectivity index (χ0) is 24.5. The summed E-state index contributed by atoms with van der Waals surface area (Å²) in [7, 11) is 1.52. The quantitative estimate of drug-likeness (QED) is 0.244. The molecular weight excluding hydrogens is 508 g/mol. The van der Waals surface area contributed by atoms with Crippen LogP contribution in [0.15, 0.2) is 76.3 Å². The van der Waals surface area contributed by atoms with Gasteiger partial charge in [-0.1, -0.05) is 12.1 Å². The fourth-order valence-electron chi connectivity index (χ4n) is 2.76. The van der Waals surface area contributed by atoms with Gasteiger partial charge in [0.15, 0.2) is 6.61 Å². The molecule has 3 rings (SSSR count). The highest BCUT2D eigenvalue weighted by Crippen LogP contribution is 2.26. The highest BCUT2D eigenvalue weighted by atomic mass is 79.9. The largest absolute Gasteiger partial charge is 0.495 e. The minimum absolute atomic E-state index is 0.107. The second-order valence-electron chi connectivity index (χ2n) is 6.73. The van der Waals surface area contributed by atoms with Gasteiger partial charge < -0.3 is 14.8 Å². The number of nitrogens with zero attached hydrogens (tertiary/aromatic N) is 2. The minimum atomic E-state index is -0.544. The third-order valence-corrected chi connectivity index (χ3v) is 5.04. The van der Waals surface area contributed by atoms with Crippen LogP contribution in [0, 0.1) is 10.1 Å². The zero-order valence-electron chi connectivity index (χ0n) is 17.9. The van der Waals surface area contributed by atoms with Gasteiger partial charge in [0, 0.05) is 17.7 Å². The van der Waals surface area contributed by atoms with Crippen LogP contribution in [0.3, 0.4) is 0 Å². The third-order valence-electron chi connectivity index (χ3n) is 4.42. The Morgan fingerprint density at radius 3 is 2.50 bits per heavy atom. The van der Waals surface area contributed by atoms with Gasteiger partial charge in [-0.15, -0.1) is 0 Å². The van der Waals surface area contributed by atoms with Crippen molar-refractivity contribution >= 4 is 45.3 Å². The van der Waals surface area contributed by atoms with E-state index in [4.69, 9.17) is 9.47 Å². The van der Waals surface area contributed by atoms with Crippen molar-refractivity contribution < 1.29 is 24.0 Å². The number of nitrogens with one attached hydrogen (secondary N) is 2. The van der Waals surface area contributed by atoms with Crippen LogP contribution >= 0.6 is 15.9 Å². The molecule has 0 aromatic heterocycles. The van der Waals surface area contributed by atoms with Crippen molar-refractivity contribution in [2.75, 3.05) is 19.0 Å². The number of para-hydroxylation sites is 2. The first kappa shape index (κ1) is 24.4. The predicted molar refractivity (Wildman–Crippen MR) is 129 cm³/mol. The lowest BCUT2D eigenvalue weighted by molar-refractivity contribution is -0.384. The number of hydrogen-bond donors (Lipinski definition) is 2. The number of carbonyl (C=O) groups excluding carboxylic acids is 2. The van der Waals surface area contributed by atoms with E-state index in [1.165, 1.54) is 37.6 Å². The van der Waals surface area contributed by atoms with Crippen LogP contribution in [0.1, 0.15) is 15.9 Å². The molecule has 2 N–H and O–H groups in total. The molecule has 0 spiro atoms. The van der Waals surface area contributed by atoms with Gasteiger partial charge in [-0.3, -0.25) is 19.7 Å². The van der Waals surface area contributed by atoms with Crippen LogP contribution in [0.25, 0.3) is 0 Å². The van der Waals surface area contributed by atoms with Gasteiger partial charge in [0.2, 0.25) is 0 Å². The van der Waals surface area contributed by atoms with Crippen molar-refractivity contribution in [3.8, 4) is 11.5 Å². The number of anilines is 1. The lowest BCUT2D eigenvalue weighted by Gasteiger charge is -2.11. The van der Waals surface area contributed by atoms with E-state index in [1.54, 1.807) is 42.5 Å². The summed E-state index contributed by atoms with van der Waals surface area (Å²) in [6, 6.07) is 17.3. The number of carbonyl (C=O) groups is 2. The molecule has 0 aliphatic heterocycles. The van der Waals surface area contributed by atoms with Crippen LogP contribution in [0.4, 0.5) is 11.4 Å². The number of benzene rings is 3. The number of nitro groups is 1. The Kier molecular flexibility index (Phi) is 8.30. The summed E-state index contributed by atoms with van der Waals surface area (Å²) in [5, 5.41) is 17.3. The molecule has 0 radical (unpaired) electrons. The second kappa shape index (κ2) is 11.6. The van der Waals surface area contributed by atoms with Gasteiger partial charge >= 0.3 is 0 Å². The van der Waals surface area contributed by atoms with Crippen LogP contribution < -0.4 is 20.2 Å². The highest BCUT2D eigenvalue weighted by molar-refractivity contribution is 9.10. The van der Waals surface area contributed by atoms with E-state index in [2.05, 4.69) is 31.8 Å². The molecule has 0 aliphatic carbocycles. The van der Waals surface area contributed by atoms with E-state index >= 15 is 0 Å². The number of methoxy groups -OCH3 is 1. The van der Waals surface area contributed by atoms with Crippen molar-refractivity contribution in [3.63, 3.8) is 0 Å². The van der Waals surface area contributed by atoms with Gasteiger partial charge in [0.1, 0.15) is 11.5 Å². The summed E-state index contributed by atoms with van der Waals surface area (Å²) in [6.45, 7) is -0.213. The van der Waals surface area contributed by atoms with Crippen molar-refractivity contribution in [1.82, 2.24) is 5.43 Å². The number of hydrazone groups is 1. The van der Waals surface area contributed by atoms with E-state index in [-0.39, 0.29) is 23.8 Å². The summed E-state index contributed by atoms with van der Waals surface area (Å²) in [4.78, 5) is 34.4. The Bertz CT molecular complexity index is 1230. The molecule has 0 unspecified atom stereocenters. The van der Waals surface area contributed by atoms with Gasteiger partial charge in [-0.25, -0.2) is 5.43 Å². The molecule has 3 aromatic rings. The Morgan fingerprint density at radius 1 is 1.09 bits per heavy atom. The first-order valence-electron chi connectivity index (χ1n) is 9.80. The van der Waals surface area contributed by atoms with Crippen LogP contribution in [0.2, 0.25) is 0 Å². The molecule has 34 heavy (non-hydrogen) atoms. The molecular formula is C23H19BrN4O6. The summed E-state index contributed by atoms with van der Waals surface area (Å²) in [5.74, 6) is 0.130. The van der Waals surface area contributed by atoms with Crippen LogP contribution in [0.5, 0.6) is 11.5 Å². The number of amides is 2. The average Bonchev–Trinajstić information content (AvgIpc) is 2.83. The fraction of sp³-hybridized carbons (Fsp3) is 0.0870. The SMILES string of the molecule is COc1ccccc1NC(=O)COc1ccc(/C=N/NC(=O)c2ccc([N+](=O)[O-])cc2)cc1Br. The lowest BCUT2D eigenvalue weighted by Crippen LogP contribution is -2.20. The lowest BCUT2D eigenvalue weighted by atomic mass is 10.2. The van der Waals surface area contributed by atoms with E-state index in [0.717, 1.165) is 0 Å². The molecule has 0 fully saturated rings. The Labute approximate surface area is 202 Å². The molecule has 10 nitrogen and oxygen atoms in total. The summed E-state index contributed by atoms with van der Waals surface area (Å²) < 4.78 is 11.4. The minimum Gasteiger partial charge on any atom is -0.495 e. The van der Waals surface area contributed by atoms with Crippen LogP contribution in [-0.4, -0.2) is 36.7 Å². The molecule has 3 aromatic carbocycles. The summed E-state index contributed by atoms with van der Waals surface area (Å²) in [6.07, 6.45) is 1.42. The zero-order valence-corrected chi connectivity index (χ0v) is 19.4. The highest BCUT2D eigenvalue weighted by Gasteiger charge is 2.10. The second-order valence-corrected chi connectivity index (χ2v) is 7.58. The monoisotopic (exact) mass is 526 g/mol. The maximum Gasteiger partial charge on any atom is 0.271 e. The smallest absolute Gasteiger partial charge is 0.271 e. The predicted octanol–water partition coefficient (Wildman–Crippen LogP) is 4.15. The Balaban J connectivity index is 1.53. The number of hydrogen-bond acceptors (Lipinski definition) is 7. The third kappa shape index (κ3) is 6.62. The molecule has 11 heteroatoms. The number of rotatable bonds is 9. The van der Waals surface area contributed by atoms with Crippen molar-refractivity contribution in [2.45, 2.75) is 0 Å². The summed E-state index contributed by atoms with van der Waals surface area (Å²) >= 11 is 3.38. The van der Waals surface area contributed by atoms with Gasteiger partial charge in [0.25, 0.3) is 17.5 Å². The first-order chi connectivity index (χ1) is 16.4. The van der Waals surface area contributed by atoms with Crippen molar-refractivity contribution in [2.24, 2.45) is 5.10 Å². The number of ether oxygens (including phenoxy) is 2. The normalized spacial score (nSPS) is 10.5. The maximum atomic E-state index is 12.2. The van der Waals surface area contributed by atoms with E-state index in [1.807, 2.05) is 0 Å². The van der Waals surface area contributed by atoms with Crippen molar-refractivity contribution in [3.05, 3.63) is 92.4 Å². The molecule has 0 saturated carbocycles. The molecule has 0 atom stereocenters. The molecule has 0 bridgehead atoms. The standard InChI is InChI=1S/C23H19BrN4O6/c1-33-21-5-3-2-4-19(21)26-22(29)14-34-20-11-6-15(12-18(20)24)13-25-27-23(30)16-7-9-17(10-8-16)28(31)32/h2-13H,14H2,1H3,(H,26,29)(H,27,30)/b25-13+. The Hall–Kier alpha value is -4.25. The van der Waals surface area contributed by atoms with E-state index < -0.39 is 10.8 Å². The molecule has 174 valence electrons. The molecule has 0 saturated heterocycles.